The fourth-order valence-corrected chi connectivity index (χ4v) is 0.0589. The van der Waals surface area contributed by atoms with E-state index >= 15 is 0 Å². The average molecular weight is 56.0 g/mol. The Morgan fingerprint density at radius 1 is 2.00 bits per heavy atom. The third kappa shape index (κ3) is 0.0139. The molecule has 1 rings (SSSR count). The van der Waals surface area contributed by atoms with Gasteiger partial charge in [-0.1, -0.05) is 0 Å². The lowest BCUT2D eigenvalue weighted by Gasteiger charge is -1.95. The summed E-state index contributed by atoms with van der Waals surface area (Å²) in [5.41, 5.74) is 0. The van der Waals surface area contributed by atoms with Crippen LogP contribution in [0, 0.1) is 6.20 Å². The van der Waals surface area contributed by atoms with Gasteiger partial charge in [-0.2, -0.15) is 0 Å². The third-order valence-electron chi connectivity index (χ3n) is 0.236. The number of aromatic nitrogens is 1. The van der Waals surface area contributed by atoms with E-state index < -0.39 is 0 Å². The second-order valence-corrected chi connectivity index (χ2v) is 0.482. The van der Waals surface area contributed by atoms with Gasteiger partial charge in [0.05, 0.1) is 0 Å². The highest BCUT2D eigenvalue weighted by molar-refractivity contribution is 4.46. The highest BCUT2D eigenvalue weighted by atomic mass is 16.5. The maximum atomic E-state index is 4.24. The second-order valence-electron chi connectivity index (χ2n) is 0.482. The number of aromatic amines is 1. The monoisotopic (exact) mass is 56.0 g/mol. The van der Waals surface area contributed by atoms with Crippen molar-refractivity contribution in [3.8, 4) is 0 Å². The summed E-state index contributed by atoms with van der Waals surface area (Å²) in [5.74, 6) is 0. The van der Waals surface area contributed by atoms with Crippen molar-refractivity contribution in [1.29, 1.82) is 0 Å². The molecule has 2 nitrogen and oxygen atoms in total. The first-order valence-electron chi connectivity index (χ1n) is 0.979. The topological polar surface area (TPSA) is 28.9 Å². The van der Waals surface area contributed by atoms with Gasteiger partial charge < -0.3 is 15.9 Å². The summed E-state index contributed by atoms with van der Waals surface area (Å²) in [6.45, 7) is 0. The molecule has 0 fully saturated rings. The molecule has 1 heterocycles. The molecule has 4 heavy (non-hydrogen) atoms. The Balaban J connectivity index is 3.00. The molecule has 0 aromatic carbocycles. The summed E-state index contributed by atoms with van der Waals surface area (Å²) < 4.78 is 4.24. The number of hydrogen-bond donors (Lipinski definition) is 1. The van der Waals surface area contributed by atoms with Crippen LogP contribution in [0.1, 0.15) is 0 Å². The van der Waals surface area contributed by atoms with Crippen molar-refractivity contribution >= 4 is 0 Å². The summed E-state index contributed by atoms with van der Waals surface area (Å²) in [4.78, 5) is 0. The van der Waals surface area contributed by atoms with Crippen LogP contribution >= 0.6 is 0 Å². The molecule has 0 bridgehead atoms. The van der Waals surface area contributed by atoms with E-state index in [1.807, 2.05) is 0 Å². The Kier molecular flexibility index (Phi) is 0.154. The zero-order chi connectivity index (χ0) is 2.83. The molecule has 0 atom stereocenters. The fraction of sp³-hybridized carbons (Fsp3) is 0. The van der Waals surface area contributed by atoms with Gasteiger partial charge in [-0.25, -0.2) is 0 Å². The van der Waals surface area contributed by atoms with Crippen LogP contribution in [-0.4, -0.2) is 5.16 Å². The van der Waals surface area contributed by atoms with E-state index in [9.17, 15) is 0 Å². The number of rotatable bonds is 0. The smallest absolute Gasteiger partial charge is 0.0452 e. The Morgan fingerprint density at radius 3 is 2.25 bits per heavy atom. The van der Waals surface area contributed by atoms with Gasteiger partial charge in [0.25, 0.3) is 0 Å². The quantitative estimate of drug-likeness (QED) is 0.428. The molecule has 0 unspecified atom stereocenters. The Labute approximate surface area is 23.4 Å². The van der Waals surface area contributed by atoms with E-state index in [4.69, 9.17) is 0 Å². The normalized spacial score (nSPS) is 8.00. The zero-order valence-corrected chi connectivity index (χ0v) is 1.99. The molecule has 0 aliphatic heterocycles. The molecule has 0 saturated carbocycles. The largest absolute Gasteiger partial charge is 0.460 e. The molecule has 2 heteroatoms. The molecule has 0 aliphatic rings. The molecular weight excluding hydrogens is 54.0 g/mol. The van der Waals surface area contributed by atoms with Crippen LogP contribution in [0.4, 0.5) is 0 Å². The molecule has 0 radical (unpaired) electrons. The van der Waals surface area contributed by atoms with E-state index in [2.05, 4.69) is 15.9 Å². The third-order valence-corrected chi connectivity index (χ3v) is 0.236. The van der Waals surface area contributed by atoms with Crippen LogP contribution in [-0.2, 0) is 0 Å². The lowest BCUT2D eigenvalue weighted by Crippen LogP contribution is -1.64. The first-order valence-corrected chi connectivity index (χ1v) is 0.979. The fourth-order valence-electron chi connectivity index (χ4n) is 0.0589. The van der Waals surface area contributed by atoms with Crippen molar-refractivity contribution in [3.05, 3.63) is 12.5 Å². The number of nitrogens with one attached hydrogen (secondary N) is 1. The van der Waals surface area contributed by atoms with Crippen LogP contribution in [0.3, 0.4) is 0 Å². The summed E-state index contributed by atoms with van der Waals surface area (Å²) in [7, 11) is 0. The van der Waals surface area contributed by atoms with Crippen molar-refractivity contribution in [2.75, 3.05) is 0 Å². The first-order chi connectivity index (χ1) is 2.00. The summed E-state index contributed by atoms with van der Waals surface area (Å²) in [6, 6.07) is 0. The van der Waals surface area contributed by atoms with Crippen molar-refractivity contribution in [3.63, 3.8) is 0 Å². The summed E-state index contributed by atoms with van der Waals surface area (Å²) in [5, 5.41) is 2.31. The van der Waals surface area contributed by atoms with Gasteiger partial charge in [0, 0.05) is 0 Å². The predicted molar refractivity (Wildman–Crippen MR) is 11.9 cm³/mol. The van der Waals surface area contributed by atoms with Gasteiger partial charge in [-0.05, 0) is 6.26 Å². The van der Waals surface area contributed by atoms with Gasteiger partial charge in [0.1, 0.15) is 0 Å². The average Bonchev–Trinajstić information content (AvgIpc) is 0.722. The zero-order valence-electron chi connectivity index (χ0n) is 1.99. The molecule has 0 aliphatic carbocycles. The molecule has 1 N–H and O–H groups in total. The first kappa shape index (κ1) is 1.64. The molecule has 22 valence electrons. The van der Waals surface area contributed by atoms with E-state index in [-0.39, 0.29) is 0 Å². The minimum absolute atomic E-state index is 1.44. The Bertz CT molecular complexity index is 47.8. The maximum Gasteiger partial charge on any atom is -0.0452 e. The summed E-state index contributed by atoms with van der Waals surface area (Å²) >= 11 is 0. The van der Waals surface area contributed by atoms with Crippen molar-refractivity contribution < 1.29 is 4.52 Å². The van der Waals surface area contributed by atoms with Gasteiger partial charge in [0.15, 0.2) is 0 Å². The molecule has 1 aromatic heterocycles. The SMILES string of the molecule is [c-]1co[nH]1. The molecule has 1 aromatic rings. The van der Waals surface area contributed by atoms with E-state index in [0.717, 1.165) is 0 Å². The van der Waals surface area contributed by atoms with E-state index in [0.29, 0.717) is 0 Å². The standard InChI is InChI=1S/C2H2NO/c1-2-4-3-1/h2-3H/q-1. The van der Waals surface area contributed by atoms with Crippen LogP contribution in [0.25, 0.3) is 0 Å². The lowest BCUT2D eigenvalue weighted by molar-refractivity contribution is 0.351. The van der Waals surface area contributed by atoms with Crippen LogP contribution in [0.5, 0.6) is 0 Å². The number of hydrogen-bond acceptors (Lipinski definition) is 1. The van der Waals surface area contributed by atoms with Crippen LogP contribution in [0.2, 0.25) is 0 Å². The Morgan fingerprint density at radius 2 is 2.25 bits per heavy atom. The van der Waals surface area contributed by atoms with E-state index in [1.165, 1.54) is 6.26 Å². The van der Waals surface area contributed by atoms with Crippen molar-refractivity contribution in [2.24, 2.45) is 0 Å². The highest BCUT2D eigenvalue weighted by Crippen LogP contribution is 1.67. The van der Waals surface area contributed by atoms with E-state index in [1.54, 1.807) is 0 Å². The minimum atomic E-state index is 1.44. The van der Waals surface area contributed by atoms with Crippen LogP contribution in [0.15, 0.2) is 10.8 Å². The minimum Gasteiger partial charge on any atom is -0.460 e. The predicted octanol–water partition coefficient (Wildman–Crippen LogP) is 0.408. The maximum absolute atomic E-state index is 4.24. The molecule has 0 saturated heterocycles. The molecule has 0 spiro atoms. The Hall–Kier alpha value is -0.660. The molecular formula is C2H2NO-. The molecule has 0 amide bonds. The number of H-pyrrole nitrogens is 1. The van der Waals surface area contributed by atoms with Gasteiger partial charge >= 0.3 is 0 Å². The van der Waals surface area contributed by atoms with Crippen molar-refractivity contribution in [2.45, 2.75) is 0 Å². The summed E-state index contributed by atoms with van der Waals surface area (Å²) in [6.07, 6.45) is 3.96. The second kappa shape index (κ2) is 0.377. The van der Waals surface area contributed by atoms with Gasteiger partial charge in [-0.15, -0.1) is 0 Å². The highest BCUT2D eigenvalue weighted by Gasteiger charge is 1.34. The van der Waals surface area contributed by atoms with Crippen LogP contribution < -0.4 is 0 Å². The van der Waals surface area contributed by atoms with Gasteiger partial charge in [-0.3, -0.25) is 0 Å². The van der Waals surface area contributed by atoms with Crippen molar-refractivity contribution in [1.82, 2.24) is 5.16 Å². The lowest BCUT2D eigenvalue weighted by atomic mass is 11.0. The van der Waals surface area contributed by atoms with Gasteiger partial charge in [0.2, 0.25) is 0 Å².